The molecule has 1 amide bonds. The van der Waals surface area contributed by atoms with Gasteiger partial charge in [0.1, 0.15) is 11.3 Å². The molecule has 0 atom stereocenters. The van der Waals surface area contributed by atoms with E-state index in [-0.39, 0.29) is 18.2 Å². The van der Waals surface area contributed by atoms with Crippen molar-refractivity contribution in [2.45, 2.75) is 19.8 Å². The fourth-order valence-corrected chi connectivity index (χ4v) is 2.11. The van der Waals surface area contributed by atoms with Crippen molar-refractivity contribution in [3.63, 3.8) is 0 Å². The first-order valence-corrected chi connectivity index (χ1v) is 7.77. The fourth-order valence-electron chi connectivity index (χ4n) is 2.11. The molecule has 0 unspecified atom stereocenters. The number of amides is 1. The van der Waals surface area contributed by atoms with Crippen LogP contribution >= 0.6 is 0 Å². The maximum atomic E-state index is 12.3. The molecule has 2 N–H and O–H groups in total. The average Bonchev–Trinajstić information content (AvgIpc) is 2.59. The number of hydrogen-bond donors (Lipinski definition) is 2. The summed E-state index contributed by atoms with van der Waals surface area (Å²) < 4.78 is 10.6. The summed E-state index contributed by atoms with van der Waals surface area (Å²) in [4.78, 5) is 27.0. The molecular formula is C18H20N2O5. The molecule has 2 rings (SSSR count). The van der Waals surface area contributed by atoms with Crippen molar-refractivity contribution in [3.8, 4) is 11.6 Å². The summed E-state index contributed by atoms with van der Waals surface area (Å²) in [5.41, 5.74) is 1.71. The van der Waals surface area contributed by atoms with Gasteiger partial charge in [-0.3, -0.25) is 9.59 Å². The number of rotatable bonds is 8. The van der Waals surface area contributed by atoms with Gasteiger partial charge in [-0.15, -0.1) is 0 Å². The predicted octanol–water partition coefficient (Wildman–Crippen LogP) is 2.89. The number of carboxylic acids is 1. The van der Waals surface area contributed by atoms with Crippen LogP contribution < -0.4 is 14.8 Å². The van der Waals surface area contributed by atoms with Crippen molar-refractivity contribution in [2.24, 2.45) is 0 Å². The second-order valence-corrected chi connectivity index (χ2v) is 5.33. The van der Waals surface area contributed by atoms with Gasteiger partial charge >= 0.3 is 5.97 Å². The van der Waals surface area contributed by atoms with Gasteiger partial charge in [0.15, 0.2) is 0 Å². The molecule has 7 heteroatoms. The van der Waals surface area contributed by atoms with E-state index in [1.807, 2.05) is 6.92 Å². The van der Waals surface area contributed by atoms with Crippen molar-refractivity contribution in [1.82, 2.24) is 4.98 Å². The van der Waals surface area contributed by atoms with E-state index in [2.05, 4.69) is 10.3 Å². The molecule has 0 aliphatic heterocycles. The number of methoxy groups -OCH3 is 1. The third-order valence-corrected chi connectivity index (χ3v) is 3.35. The summed E-state index contributed by atoms with van der Waals surface area (Å²) in [6.07, 6.45) is 0.509. The summed E-state index contributed by atoms with van der Waals surface area (Å²) in [7, 11) is 1.47. The second-order valence-electron chi connectivity index (χ2n) is 5.33. The van der Waals surface area contributed by atoms with E-state index in [0.29, 0.717) is 30.0 Å². The lowest BCUT2D eigenvalue weighted by Gasteiger charge is -2.10. The number of pyridine rings is 1. The largest absolute Gasteiger partial charge is 0.494 e. The SMILES string of the molecule is COc1nc(C)ccc1C(=O)Nc1ccc(OCCCC(=O)O)cc1. The molecule has 0 bridgehead atoms. The highest BCUT2D eigenvalue weighted by atomic mass is 16.5. The highest BCUT2D eigenvalue weighted by Crippen LogP contribution is 2.20. The first-order chi connectivity index (χ1) is 12.0. The van der Waals surface area contributed by atoms with Crippen LogP contribution in [0.25, 0.3) is 0 Å². The van der Waals surface area contributed by atoms with Gasteiger partial charge in [0.05, 0.1) is 13.7 Å². The Morgan fingerprint density at radius 3 is 2.52 bits per heavy atom. The van der Waals surface area contributed by atoms with E-state index < -0.39 is 5.97 Å². The molecule has 132 valence electrons. The Morgan fingerprint density at radius 2 is 1.88 bits per heavy atom. The Balaban J connectivity index is 1.94. The Bertz CT molecular complexity index is 744. The van der Waals surface area contributed by atoms with Gasteiger partial charge in [-0.25, -0.2) is 4.98 Å². The lowest BCUT2D eigenvalue weighted by molar-refractivity contribution is -0.137. The third-order valence-electron chi connectivity index (χ3n) is 3.35. The van der Waals surface area contributed by atoms with Gasteiger partial charge in [0.2, 0.25) is 5.88 Å². The van der Waals surface area contributed by atoms with Gasteiger partial charge in [0, 0.05) is 17.8 Å². The first-order valence-electron chi connectivity index (χ1n) is 7.77. The number of aliphatic carboxylic acids is 1. The lowest BCUT2D eigenvalue weighted by Crippen LogP contribution is -2.14. The molecular weight excluding hydrogens is 324 g/mol. The normalized spacial score (nSPS) is 10.2. The number of anilines is 1. The highest BCUT2D eigenvalue weighted by Gasteiger charge is 2.14. The van der Waals surface area contributed by atoms with Crippen LogP contribution in [-0.2, 0) is 4.79 Å². The third kappa shape index (κ3) is 5.49. The Labute approximate surface area is 145 Å². The number of nitrogens with one attached hydrogen (secondary N) is 1. The molecule has 1 heterocycles. The lowest BCUT2D eigenvalue weighted by atomic mass is 10.2. The minimum absolute atomic E-state index is 0.0700. The zero-order valence-electron chi connectivity index (χ0n) is 14.1. The molecule has 0 saturated carbocycles. The first kappa shape index (κ1) is 18.3. The molecule has 2 aromatic rings. The van der Waals surface area contributed by atoms with Crippen LogP contribution in [0, 0.1) is 6.92 Å². The maximum Gasteiger partial charge on any atom is 0.303 e. The summed E-state index contributed by atoms with van der Waals surface area (Å²) in [6.45, 7) is 2.14. The minimum Gasteiger partial charge on any atom is -0.494 e. The van der Waals surface area contributed by atoms with Crippen molar-refractivity contribution >= 4 is 17.6 Å². The van der Waals surface area contributed by atoms with Crippen LogP contribution in [0.3, 0.4) is 0 Å². The van der Waals surface area contributed by atoms with Gasteiger partial charge in [-0.2, -0.15) is 0 Å². The number of hydrogen-bond acceptors (Lipinski definition) is 5. The van der Waals surface area contributed by atoms with Crippen LogP contribution in [0.1, 0.15) is 28.9 Å². The molecule has 0 spiro atoms. The quantitative estimate of drug-likeness (QED) is 0.715. The van der Waals surface area contributed by atoms with Crippen LogP contribution in [0.5, 0.6) is 11.6 Å². The molecule has 25 heavy (non-hydrogen) atoms. The zero-order chi connectivity index (χ0) is 18.2. The number of benzene rings is 1. The molecule has 0 aliphatic carbocycles. The standard InChI is InChI=1S/C18H20N2O5/c1-12-5-10-15(18(19-12)24-2)17(23)20-13-6-8-14(9-7-13)25-11-3-4-16(21)22/h5-10H,3-4,11H2,1-2H3,(H,20,23)(H,21,22). The Morgan fingerprint density at radius 1 is 1.16 bits per heavy atom. The predicted molar refractivity (Wildman–Crippen MR) is 92.3 cm³/mol. The smallest absolute Gasteiger partial charge is 0.303 e. The summed E-state index contributed by atoms with van der Waals surface area (Å²) in [5.74, 6) is -0.281. The van der Waals surface area contributed by atoms with Crippen LogP contribution in [0.2, 0.25) is 0 Å². The van der Waals surface area contributed by atoms with Crippen LogP contribution in [-0.4, -0.2) is 35.7 Å². The maximum absolute atomic E-state index is 12.3. The molecule has 1 aromatic heterocycles. The zero-order valence-corrected chi connectivity index (χ0v) is 14.1. The van der Waals surface area contributed by atoms with Gasteiger partial charge in [-0.1, -0.05) is 0 Å². The fraction of sp³-hybridized carbons (Fsp3) is 0.278. The number of ether oxygens (including phenoxy) is 2. The summed E-state index contributed by atoms with van der Waals surface area (Å²) in [6, 6.07) is 10.2. The van der Waals surface area contributed by atoms with Gasteiger partial charge in [-0.05, 0) is 49.7 Å². The molecule has 0 radical (unpaired) electrons. The Hall–Kier alpha value is -3.09. The monoisotopic (exact) mass is 344 g/mol. The number of carboxylic acid groups (broad SMARTS) is 1. The Kier molecular flexibility index (Phi) is 6.33. The highest BCUT2D eigenvalue weighted by molar-refractivity contribution is 6.05. The van der Waals surface area contributed by atoms with E-state index in [1.54, 1.807) is 36.4 Å². The number of carbonyl (C=O) groups is 2. The number of aryl methyl sites for hydroxylation is 1. The van der Waals surface area contributed by atoms with Crippen molar-refractivity contribution in [1.29, 1.82) is 0 Å². The van der Waals surface area contributed by atoms with E-state index in [0.717, 1.165) is 5.69 Å². The molecule has 0 saturated heterocycles. The van der Waals surface area contributed by atoms with Crippen LogP contribution in [0.4, 0.5) is 5.69 Å². The summed E-state index contributed by atoms with van der Waals surface area (Å²) in [5, 5.41) is 11.3. The second kappa shape index (κ2) is 8.68. The number of nitrogens with zero attached hydrogens (tertiary/aromatic N) is 1. The number of aromatic nitrogens is 1. The minimum atomic E-state index is -0.845. The van der Waals surface area contributed by atoms with Crippen molar-refractivity contribution in [3.05, 3.63) is 47.7 Å². The topological polar surface area (TPSA) is 97.8 Å². The van der Waals surface area contributed by atoms with E-state index in [9.17, 15) is 9.59 Å². The van der Waals surface area contributed by atoms with Gasteiger partial charge in [0.25, 0.3) is 5.91 Å². The van der Waals surface area contributed by atoms with E-state index >= 15 is 0 Å². The molecule has 0 fully saturated rings. The number of carbonyl (C=O) groups excluding carboxylic acids is 1. The average molecular weight is 344 g/mol. The van der Waals surface area contributed by atoms with Crippen LogP contribution in [0.15, 0.2) is 36.4 Å². The summed E-state index contributed by atoms with van der Waals surface area (Å²) >= 11 is 0. The molecule has 1 aromatic carbocycles. The molecule has 7 nitrogen and oxygen atoms in total. The van der Waals surface area contributed by atoms with E-state index in [1.165, 1.54) is 7.11 Å². The van der Waals surface area contributed by atoms with Gasteiger partial charge < -0.3 is 19.9 Å². The molecule has 0 aliphatic rings. The van der Waals surface area contributed by atoms with Crippen molar-refractivity contribution < 1.29 is 24.2 Å². The van der Waals surface area contributed by atoms with E-state index in [4.69, 9.17) is 14.6 Å². The van der Waals surface area contributed by atoms with Crippen molar-refractivity contribution in [2.75, 3.05) is 19.0 Å².